The van der Waals surface area contributed by atoms with Crippen LogP contribution < -0.4 is 5.84 Å². The second kappa shape index (κ2) is 3.38. The summed E-state index contributed by atoms with van der Waals surface area (Å²) in [4.78, 5) is 4.00. The summed E-state index contributed by atoms with van der Waals surface area (Å²) in [6, 6.07) is 14.1. The van der Waals surface area contributed by atoms with Crippen molar-refractivity contribution in [3.05, 3.63) is 54.9 Å². The molecule has 3 heteroatoms. The van der Waals surface area contributed by atoms with Crippen LogP contribution >= 0.6 is 0 Å². The molecular weight excluding hydrogens is 198 g/mol. The van der Waals surface area contributed by atoms with Crippen molar-refractivity contribution in [2.45, 2.75) is 0 Å². The number of hydrogen-bond acceptors (Lipinski definition) is 2. The molecule has 0 aliphatic heterocycles. The van der Waals surface area contributed by atoms with Crippen LogP contribution in [0.2, 0.25) is 0 Å². The quantitative estimate of drug-likeness (QED) is 0.625. The number of para-hydroxylation sites is 1. The van der Waals surface area contributed by atoms with Gasteiger partial charge in [-0.1, -0.05) is 18.2 Å². The van der Waals surface area contributed by atoms with E-state index >= 15 is 0 Å². The molecule has 0 amide bonds. The third-order valence-corrected chi connectivity index (χ3v) is 2.72. The molecule has 0 aliphatic rings. The van der Waals surface area contributed by atoms with E-state index in [-0.39, 0.29) is 0 Å². The fraction of sp³-hybridized carbons (Fsp3) is 0. The molecule has 0 bridgehead atoms. The number of pyridine rings is 1. The highest BCUT2D eigenvalue weighted by atomic mass is 15.3. The Bertz CT molecular complexity index is 626. The fourth-order valence-electron chi connectivity index (χ4n) is 1.92. The zero-order valence-electron chi connectivity index (χ0n) is 8.67. The highest BCUT2D eigenvalue weighted by molar-refractivity contribution is 5.86. The van der Waals surface area contributed by atoms with Gasteiger partial charge in [0.2, 0.25) is 0 Å². The summed E-state index contributed by atoms with van der Waals surface area (Å²) in [5.74, 6) is 6.07. The first-order valence-electron chi connectivity index (χ1n) is 5.12. The van der Waals surface area contributed by atoms with E-state index in [1.807, 2.05) is 30.3 Å². The second-order valence-electron chi connectivity index (χ2n) is 3.69. The van der Waals surface area contributed by atoms with Gasteiger partial charge in [0.1, 0.15) is 0 Å². The van der Waals surface area contributed by atoms with Gasteiger partial charge in [0.05, 0.1) is 11.2 Å². The Morgan fingerprint density at radius 3 is 2.50 bits per heavy atom. The van der Waals surface area contributed by atoms with Crippen molar-refractivity contribution in [2.24, 2.45) is 0 Å². The summed E-state index contributed by atoms with van der Waals surface area (Å²) in [5, 5.41) is 1.15. The SMILES string of the molecule is Nn1c(-c2ccncc2)cc2ccccc21. The molecule has 2 aromatic heterocycles. The van der Waals surface area contributed by atoms with Crippen molar-refractivity contribution >= 4 is 10.9 Å². The van der Waals surface area contributed by atoms with E-state index in [9.17, 15) is 0 Å². The molecule has 3 aromatic rings. The van der Waals surface area contributed by atoms with E-state index in [4.69, 9.17) is 5.84 Å². The van der Waals surface area contributed by atoms with E-state index in [1.165, 1.54) is 0 Å². The number of rotatable bonds is 1. The van der Waals surface area contributed by atoms with Crippen molar-refractivity contribution in [3.8, 4) is 11.3 Å². The van der Waals surface area contributed by atoms with Gasteiger partial charge in [-0.05, 0) is 24.3 Å². The van der Waals surface area contributed by atoms with Crippen LogP contribution in [-0.4, -0.2) is 9.66 Å². The van der Waals surface area contributed by atoms with Crippen LogP contribution in [0.5, 0.6) is 0 Å². The normalized spacial score (nSPS) is 10.8. The average molecular weight is 209 g/mol. The summed E-state index contributed by atoms with van der Waals surface area (Å²) < 4.78 is 1.71. The van der Waals surface area contributed by atoms with Crippen LogP contribution in [0.25, 0.3) is 22.2 Å². The Balaban J connectivity index is 2.29. The minimum atomic E-state index is 1.00. The molecule has 78 valence electrons. The molecule has 0 fully saturated rings. The maximum atomic E-state index is 6.07. The van der Waals surface area contributed by atoms with Crippen LogP contribution in [-0.2, 0) is 0 Å². The van der Waals surface area contributed by atoms with E-state index in [0.29, 0.717) is 0 Å². The number of fused-ring (bicyclic) bond motifs is 1. The molecular formula is C13H11N3. The first-order chi connectivity index (χ1) is 7.86. The topological polar surface area (TPSA) is 43.8 Å². The van der Waals surface area contributed by atoms with Crippen LogP contribution in [0.3, 0.4) is 0 Å². The number of hydrogen-bond donors (Lipinski definition) is 1. The van der Waals surface area contributed by atoms with Gasteiger partial charge in [-0.15, -0.1) is 0 Å². The van der Waals surface area contributed by atoms with Crippen LogP contribution in [0, 0.1) is 0 Å². The van der Waals surface area contributed by atoms with E-state index in [2.05, 4.69) is 17.1 Å². The maximum Gasteiger partial charge on any atom is 0.0704 e. The molecule has 2 heterocycles. The Kier molecular flexibility index (Phi) is 1.90. The fourth-order valence-corrected chi connectivity index (χ4v) is 1.92. The molecule has 2 N–H and O–H groups in total. The lowest BCUT2D eigenvalue weighted by atomic mass is 10.2. The molecule has 16 heavy (non-hydrogen) atoms. The van der Waals surface area contributed by atoms with Gasteiger partial charge in [0, 0.05) is 23.3 Å². The molecule has 0 spiro atoms. The van der Waals surface area contributed by atoms with Gasteiger partial charge in [-0.25, -0.2) is 0 Å². The van der Waals surface area contributed by atoms with Crippen molar-refractivity contribution in [2.75, 3.05) is 5.84 Å². The zero-order valence-corrected chi connectivity index (χ0v) is 8.67. The summed E-state index contributed by atoms with van der Waals surface area (Å²) in [6.07, 6.45) is 3.54. The maximum absolute atomic E-state index is 6.07. The highest BCUT2D eigenvalue weighted by Gasteiger charge is 2.07. The van der Waals surface area contributed by atoms with E-state index in [0.717, 1.165) is 22.2 Å². The van der Waals surface area contributed by atoms with Gasteiger partial charge >= 0.3 is 0 Å². The lowest BCUT2D eigenvalue weighted by Gasteiger charge is -2.03. The number of nitrogens with zero attached hydrogens (tertiary/aromatic N) is 2. The molecule has 0 saturated heterocycles. The van der Waals surface area contributed by atoms with Gasteiger partial charge in [0.25, 0.3) is 0 Å². The Morgan fingerprint density at radius 2 is 1.75 bits per heavy atom. The van der Waals surface area contributed by atoms with Gasteiger partial charge in [-0.2, -0.15) is 0 Å². The largest absolute Gasteiger partial charge is 0.339 e. The lowest BCUT2D eigenvalue weighted by molar-refractivity contribution is 1.07. The van der Waals surface area contributed by atoms with Gasteiger partial charge in [-0.3, -0.25) is 9.66 Å². The summed E-state index contributed by atoms with van der Waals surface area (Å²) in [6.45, 7) is 0. The van der Waals surface area contributed by atoms with E-state index < -0.39 is 0 Å². The average Bonchev–Trinajstić information content (AvgIpc) is 2.69. The van der Waals surface area contributed by atoms with Gasteiger partial charge < -0.3 is 5.84 Å². The number of nitrogens with two attached hydrogens (primary N) is 1. The van der Waals surface area contributed by atoms with Crippen molar-refractivity contribution < 1.29 is 0 Å². The molecule has 3 rings (SSSR count). The molecule has 0 unspecified atom stereocenters. The molecule has 0 aliphatic carbocycles. The Labute approximate surface area is 93.1 Å². The first-order valence-corrected chi connectivity index (χ1v) is 5.12. The van der Waals surface area contributed by atoms with Crippen LogP contribution in [0.15, 0.2) is 54.9 Å². The number of aromatic nitrogens is 2. The minimum absolute atomic E-state index is 1.00. The smallest absolute Gasteiger partial charge is 0.0704 e. The van der Waals surface area contributed by atoms with Crippen molar-refractivity contribution in [1.82, 2.24) is 9.66 Å². The molecule has 1 aromatic carbocycles. The standard InChI is InChI=1S/C13H11N3/c14-16-12-4-2-1-3-11(12)9-13(16)10-5-7-15-8-6-10/h1-9H,14H2. The van der Waals surface area contributed by atoms with Crippen molar-refractivity contribution in [1.29, 1.82) is 0 Å². The molecule has 0 atom stereocenters. The predicted molar refractivity (Wildman–Crippen MR) is 65.3 cm³/mol. The number of nitrogen functional groups attached to an aromatic ring is 1. The predicted octanol–water partition coefficient (Wildman–Crippen LogP) is 2.42. The van der Waals surface area contributed by atoms with Crippen molar-refractivity contribution in [3.63, 3.8) is 0 Å². The highest BCUT2D eigenvalue weighted by Crippen LogP contribution is 2.25. The lowest BCUT2D eigenvalue weighted by Crippen LogP contribution is -2.08. The third-order valence-electron chi connectivity index (χ3n) is 2.72. The minimum Gasteiger partial charge on any atom is -0.339 e. The molecule has 0 saturated carbocycles. The third kappa shape index (κ3) is 1.26. The summed E-state index contributed by atoms with van der Waals surface area (Å²) >= 11 is 0. The van der Waals surface area contributed by atoms with Crippen LogP contribution in [0.4, 0.5) is 0 Å². The Morgan fingerprint density at radius 1 is 1.00 bits per heavy atom. The second-order valence-corrected chi connectivity index (χ2v) is 3.69. The van der Waals surface area contributed by atoms with E-state index in [1.54, 1.807) is 17.1 Å². The number of benzene rings is 1. The monoisotopic (exact) mass is 209 g/mol. The Hall–Kier alpha value is -2.29. The zero-order chi connectivity index (χ0) is 11.0. The van der Waals surface area contributed by atoms with Crippen LogP contribution in [0.1, 0.15) is 0 Å². The summed E-state index contributed by atoms with van der Waals surface area (Å²) in [7, 11) is 0. The first kappa shape index (κ1) is 8.97. The molecule has 3 nitrogen and oxygen atoms in total. The van der Waals surface area contributed by atoms with Gasteiger partial charge in [0.15, 0.2) is 0 Å². The molecule has 0 radical (unpaired) electrons. The summed E-state index contributed by atoms with van der Waals surface area (Å²) in [5.41, 5.74) is 3.12.